The van der Waals surface area contributed by atoms with Crippen molar-refractivity contribution in [3.63, 3.8) is 0 Å². The summed E-state index contributed by atoms with van der Waals surface area (Å²) < 4.78 is 29.7. The SMILES string of the molecule is Cc1nc2cccnc2n1CC1CCCN(S(=O)(=O)Cc2ccccc2Cl)C1. The average molecular weight is 419 g/mol. The monoisotopic (exact) mass is 418 g/mol. The molecule has 0 bridgehead atoms. The molecule has 0 spiro atoms. The fraction of sp³-hybridized carbons (Fsp3) is 0.400. The third kappa shape index (κ3) is 3.92. The number of piperidine rings is 1. The normalized spacial score (nSPS) is 18.6. The van der Waals surface area contributed by atoms with Gasteiger partial charge in [-0.2, -0.15) is 0 Å². The Bertz CT molecular complexity index is 1100. The fourth-order valence-electron chi connectivity index (χ4n) is 3.88. The van der Waals surface area contributed by atoms with Crippen molar-refractivity contribution in [2.75, 3.05) is 13.1 Å². The molecule has 0 amide bonds. The highest BCUT2D eigenvalue weighted by Crippen LogP contribution is 2.26. The van der Waals surface area contributed by atoms with E-state index in [0.29, 0.717) is 23.7 Å². The van der Waals surface area contributed by atoms with Crippen molar-refractivity contribution in [1.29, 1.82) is 0 Å². The number of halogens is 1. The second kappa shape index (κ2) is 7.81. The van der Waals surface area contributed by atoms with E-state index >= 15 is 0 Å². The Morgan fingerprint density at radius 1 is 1.21 bits per heavy atom. The minimum atomic E-state index is -3.41. The number of aromatic nitrogens is 3. The molecular weight excluding hydrogens is 396 g/mol. The predicted molar refractivity (Wildman–Crippen MR) is 111 cm³/mol. The third-order valence-electron chi connectivity index (χ3n) is 5.31. The molecule has 6 nitrogen and oxygen atoms in total. The van der Waals surface area contributed by atoms with E-state index < -0.39 is 10.0 Å². The van der Waals surface area contributed by atoms with Gasteiger partial charge < -0.3 is 4.57 Å². The number of sulfonamides is 1. The summed E-state index contributed by atoms with van der Waals surface area (Å²) in [6.45, 7) is 3.76. The predicted octanol–water partition coefficient (Wildman–Crippen LogP) is 3.64. The summed E-state index contributed by atoms with van der Waals surface area (Å²) in [5.74, 6) is 1.08. The number of hydrogen-bond donors (Lipinski definition) is 0. The number of nitrogens with zero attached hydrogens (tertiary/aromatic N) is 4. The van der Waals surface area contributed by atoms with E-state index in [4.69, 9.17) is 11.6 Å². The van der Waals surface area contributed by atoms with E-state index in [9.17, 15) is 8.42 Å². The van der Waals surface area contributed by atoms with Crippen LogP contribution in [0.1, 0.15) is 24.2 Å². The minimum absolute atomic E-state index is 0.0615. The van der Waals surface area contributed by atoms with Crippen LogP contribution in [0.2, 0.25) is 5.02 Å². The van der Waals surface area contributed by atoms with E-state index in [1.807, 2.05) is 25.1 Å². The first kappa shape index (κ1) is 19.4. The number of rotatable bonds is 5. The van der Waals surface area contributed by atoms with Crippen LogP contribution in [0.4, 0.5) is 0 Å². The Morgan fingerprint density at radius 2 is 2.04 bits per heavy atom. The first-order valence-electron chi connectivity index (χ1n) is 9.43. The van der Waals surface area contributed by atoms with Crippen LogP contribution in [0.5, 0.6) is 0 Å². The molecule has 0 aliphatic carbocycles. The van der Waals surface area contributed by atoms with Gasteiger partial charge in [0.05, 0.1) is 5.75 Å². The van der Waals surface area contributed by atoms with E-state index in [1.54, 1.807) is 28.7 Å². The van der Waals surface area contributed by atoms with Crippen molar-refractivity contribution in [1.82, 2.24) is 18.8 Å². The van der Waals surface area contributed by atoms with Gasteiger partial charge >= 0.3 is 0 Å². The van der Waals surface area contributed by atoms with E-state index in [-0.39, 0.29) is 11.7 Å². The van der Waals surface area contributed by atoms with E-state index in [0.717, 1.165) is 36.4 Å². The van der Waals surface area contributed by atoms with Crippen molar-refractivity contribution >= 4 is 32.8 Å². The van der Waals surface area contributed by atoms with Crippen LogP contribution < -0.4 is 0 Å². The van der Waals surface area contributed by atoms with Crippen LogP contribution in [0.3, 0.4) is 0 Å². The van der Waals surface area contributed by atoms with Gasteiger partial charge in [-0.15, -0.1) is 0 Å². The molecule has 1 saturated heterocycles. The molecule has 0 N–H and O–H groups in total. The van der Waals surface area contributed by atoms with Gasteiger partial charge in [0.25, 0.3) is 0 Å². The molecule has 0 saturated carbocycles. The molecule has 1 fully saturated rings. The first-order valence-corrected chi connectivity index (χ1v) is 11.4. The molecule has 148 valence electrons. The Kier molecular flexibility index (Phi) is 5.40. The molecule has 1 aromatic carbocycles. The van der Waals surface area contributed by atoms with E-state index in [2.05, 4.69) is 14.5 Å². The lowest BCUT2D eigenvalue weighted by molar-refractivity contribution is 0.245. The molecule has 4 rings (SSSR count). The van der Waals surface area contributed by atoms with Crippen LogP contribution in [-0.2, 0) is 22.3 Å². The van der Waals surface area contributed by atoms with Crippen molar-refractivity contribution < 1.29 is 8.42 Å². The van der Waals surface area contributed by atoms with Gasteiger partial charge in [0.1, 0.15) is 11.3 Å². The van der Waals surface area contributed by atoms with Crippen LogP contribution >= 0.6 is 11.6 Å². The molecular formula is C20H23ClN4O2S. The highest BCUT2D eigenvalue weighted by molar-refractivity contribution is 7.88. The average Bonchev–Trinajstić information content (AvgIpc) is 2.99. The Hall–Kier alpha value is -1.96. The Labute approximate surface area is 170 Å². The molecule has 3 aromatic rings. The molecule has 1 aliphatic rings. The standard InChI is InChI=1S/C20H23ClN4O2S/c1-15-23-19-9-4-10-22-20(19)25(15)13-16-6-5-11-24(12-16)28(26,27)14-17-7-2-3-8-18(17)21/h2-4,7-10,16H,5-6,11-14H2,1H3. The number of pyridine rings is 1. The third-order valence-corrected chi connectivity index (χ3v) is 7.47. The number of imidazole rings is 1. The van der Waals surface area contributed by atoms with Crippen molar-refractivity contribution in [3.8, 4) is 0 Å². The fourth-order valence-corrected chi connectivity index (χ4v) is 5.83. The second-order valence-corrected chi connectivity index (χ2v) is 9.71. The number of fused-ring (bicyclic) bond motifs is 1. The van der Waals surface area contributed by atoms with Crippen LogP contribution in [-0.4, -0.2) is 40.3 Å². The first-order chi connectivity index (χ1) is 13.4. The zero-order chi connectivity index (χ0) is 19.7. The van der Waals surface area contributed by atoms with Crippen LogP contribution in [0, 0.1) is 12.8 Å². The smallest absolute Gasteiger partial charge is 0.218 e. The summed E-state index contributed by atoms with van der Waals surface area (Å²) in [7, 11) is -3.41. The molecule has 2 aromatic heterocycles. The van der Waals surface area contributed by atoms with E-state index in [1.165, 1.54) is 0 Å². The van der Waals surface area contributed by atoms with Gasteiger partial charge in [0, 0.05) is 30.9 Å². The van der Waals surface area contributed by atoms with Gasteiger partial charge in [-0.25, -0.2) is 22.7 Å². The topological polar surface area (TPSA) is 68.1 Å². The minimum Gasteiger partial charge on any atom is -0.313 e. The zero-order valence-electron chi connectivity index (χ0n) is 15.8. The zero-order valence-corrected chi connectivity index (χ0v) is 17.3. The molecule has 0 radical (unpaired) electrons. The molecule has 1 unspecified atom stereocenters. The van der Waals surface area contributed by atoms with Gasteiger partial charge in [-0.05, 0) is 49.4 Å². The quantitative estimate of drug-likeness (QED) is 0.634. The molecule has 3 heterocycles. The lowest BCUT2D eigenvalue weighted by atomic mass is 9.99. The maximum absolute atomic E-state index is 13.0. The van der Waals surface area contributed by atoms with Gasteiger partial charge in [0.15, 0.2) is 5.65 Å². The highest BCUT2D eigenvalue weighted by atomic mass is 35.5. The number of aryl methyl sites for hydroxylation is 1. The van der Waals surface area contributed by atoms with Crippen molar-refractivity contribution in [3.05, 3.63) is 59.0 Å². The van der Waals surface area contributed by atoms with Crippen LogP contribution in [0.15, 0.2) is 42.6 Å². The van der Waals surface area contributed by atoms with Gasteiger partial charge in [-0.1, -0.05) is 29.8 Å². The summed E-state index contributed by atoms with van der Waals surface area (Å²) in [4.78, 5) is 9.02. The maximum atomic E-state index is 13.0. The summed E-state index contributed by atoms with van der Waals surface area (Å²) in [5.41, 5.74) is 2.38. The number of benzene rings is 1. The summed E-state index contributed by atoms with van der Waals surface area (Å²) in [5, 5.41) is 0.492. The summed E-state index contributed by atoms with van der Waals surface area (Å²) in [6.07, 6.45) is 3.61. The summed E-state index contributed by atoms with van der Waals surface area (Å²) >= 11 is 6.17. The lowest BCUT2D eigenvalue weighted by Gasteiger charge is -2.32. The van der Waals surface area contributed by atoms with Crippen molar-refractivity contribution in [2.45, 2.75) is 32.1 Å². The molecule has 28 heavy (non-hydrogen) atoms. The lowest BCUT2D eigenvalue weighted by Crippen LogP contribution is -2.41. The van der Waals surface area contributed by atoms with Gasteiger partial charge in [0.2, 0.25) is 10.0 Å². The second-order valence-electron chi connectivity index (χ2n) is 7.33. The maximum Gasteiger partial charge on any atom is 0.218 e. The number of hydrogen-bond acceptors (Lipinski definition) is 4. The largest absolute Gasteiger partial charge is 0.313 e. The molecule has 1 aliphatic heterocycles. The van der Waals surface area contributed by atoms with Crippen LogP contribution in [0.25, 0.3) is 11.2 Å². The Balaban J connectivity index is 1.51. The summed E-state index contributed by atoms with van der Waals surface area (Å²) in [6, 6.07) is 11.0. The highest BCUT2D eigenvalue weighted by Gasteiger charge is 2.30. The molecule has 8 heteroatoms. The molecule has 1 atom stereocenters. The van der Waals surface area contributed by atoms with Crippen molar-refractivity contribution in [2.24, 2.45) is 5.92 Å². The van der Waals surface area contributed by atoms with Gasteiger partial charge in [-0.3, -0.25) is 0 Å². The Morgan fingerprint density at radius 3 is 2.86 bits per heavy atom.